The number of nitrogens with zero attached hydrogens (tertiary/aromatic N) is 2. The van der Waals surface area contributed by atoms with Crippen molar-refractivity contribution in [3.63, 3.8) is 0 Å². The Morgan fingerprint density at radius 2 is 1.91 bits per heavy atom. The molecular weight excluding hydrogens is 417 g/mol. The third-order valence-electron chi connectivity index (χ3n) is 6.63. The summed E-state index contributed by atoms with van der Waals surface area (Å²) in [5.41, 5.74) is 1.99. The van der Waals surface area contributed by atoms with E-state index in [1.165, 1.54) is 23.5 Å². The number of piperidine rings is 2. The molecule has 8 nitrogen and oxygen atoms in total. The number of fused-ring (bicyclic) bond motifs is 1. The fourth-order valence-electron chi connectivity index (χ4n) is 4.88. The molecule has 3 aliphatic heterocycles. The average molecular weight is 439 g/mol. The molecule has 4 heterocycles. The van der Waals surface area contributed by atoms with Crippen molar-refractivity contribution in [2.45, 2.75) is 44.2 Å². The lowest BCUT2D eigenvalue weighted by Crippen LogP contribution is -2.52. The van der Waals surface area contributed by atoms with Crippen LogP contribution in [0.3, 0.4) is 0 Å². The van der Waals surface area contributed by atoms with Gasteiger partial charge in [-0.15, -0.1) is 0 Å². The molecule has 3 aliphatic rings. The molecule has 1 N–H and O–H groups in total. The van der Waals surface area contributed by atoms with E-state index in [1.807, 2.05) is 0 Å². The van der Waals surface area contributed by atoms with Crippen LogP contribution in [0.15, 0.2) is 35.1 Å². The summed E-state index contributed by atoms with van der Waals surface area (Å²) in [7, 11) is 0. The Balaban J connectivity index is 1.30. The highest BCUT2D eigenvalue weighted by Gasteiger charge is 2.40. The van der Waals surface area contributed by atoms with Crippen molar-refractivity contribution in [1.29, 1.82) is 0 Å². The van der Waals surface area contributed by atoms with Crippen LogP contribution in [-0.4, -0.2) is 52.6 Å². The molecule has 1 unspecified atom stereocenters. The largest absolute Gasteiger partial charge is 0.472 e. The quantitative estimate of drug-likeness (QED) is 0.739. The van der Waals surface area contributed by atoms with Crippen LogP contribution in [0, 0.1) is 5.82 Å². The van der Waals surface area contributed by atoms with Crippen LogP contribution in [0.25, 0.3) is 0 Å². The van der Waals surface area contributed by atoms with Gasteiger partial charge in [-0.05, 0) is 48.4 Å². The zero-order valence-corrected chi connectivity index (χ0v) is 17.3. The molecule has 1 aromatic heterocycles. The molecule has 2 aromatic rings. The van der Waals surface area contributed by atoms with E-state index in [2.05, 4.69) is 5.32 Å². The number of hydrogen-bond donors (Lipinski definition) is 1. The molecule has 5 rings (SSSR count). The smallest absolute Gasteiger partial charge is 0.257 e. The van der Waals surface area contributed by atoms with Gasteiger partial charge in [0.15, 0.2) is 0 Å². The first-order chi connectivity index (χ1) is 15.4. The number of benzene rings is 1. The van der Waals surface area contributed by atoms with E-state index < -0.39 is 17.8 Å². The fourth-order valence-corrected chi connectivity index (χ4v) is 4.88. The number of rotatable bonds is 3. The van der Waals surface area contributed by atoms with Crippen LogP contribution < -0.4 is 5.32 Å². The summed E-state index contributed by atoms with van der Waals surface area (Å²) in [6.07, 6.45) is 4.54. The summed E-state index contributed by atoms with van der Waals surface area (Å²) < 4.78 is 20.0. The van der Waals surface area contributed by atoms with Crippen LogP contribution in [0.4, 0.5) is 4.39 Å². The third-order valence-corrected chi connectivity index (χ3v) is 6.63. The molecule has 0 radical (unpaired) electrons. The lowest BCUT2D eigenvalue weighted by atomic mass is 9.87. The molecular formula is C23H22FN3O5. The summed E-state index contributed by atoms with van der Waals surface area (Å²) in [6, 6.07) is 3.89. The normalized spacial score (nSPS) is 21.7. The van der Waals surface area contributed by atoms with Gasteiger partial charge in [0.1, 0.15) is 18.1 Å². The molecule has 166 valence electrons. The predicted octanol–water partition coefficient (Wildman–Crippen LogP) is 2.20. The van der Waals surface area contributed by atoms with Gasteiger partial charge in [-0.25, -0.2) is 4.39 Å². The Morgan fingerprint density at radius 1 is 1.12 bits per heavy atom. The number of amides is 4. The van der Waals surface area contributed by atoms with Gasteiger partial charge >= 0.3 is 0 Å². The molecule has 9 heteroatoms. The Morgan fingerprint density at radius 3 is 2.59 bits per heavy atom. The highest BCUT2D eigenvalue weighted by atomic mass is 19.1. The zero-order chi connectivity index (χ0) is 22.4. The van der Waals surface area contributed by atoms with Gasteiger partial charge in [-0.2, -0.15) is 0 Å². The molecule has 0 bridgehead atoms. The minimum Gasteiger partial charge on any atom is -0.472 e. The van der Waals surface area contributed by atoms with Gasteiger partial charge in [0, 0.05) is 31.6 Å². The van der Waals surface area contributed by atoms with Crippen molar-refractivity contribution >= 4 is 23.6 Å². The second kappa shape index (κ2) is 7.89. The molecule has 2 fully saturated rings. The van der Waals surface area contributed by atoms with Gasteiger partial charge in [0.25, 0.3) is 11.8 Å². The van der Waals surface area contributed by atoms with Crippen molar-refractivity contribution in [3.05, 3.63) is 58.8 Å². The van der Waals surface area contributed by atoms with E-state index in [0.717, 1.165) is 0 Å². The molecule has 1 aromatic carbocycles. The second-order valence-electron chi connectivity index (χ2n) is 8.51. The lowest BCUT2D eigenvalue weighted by molar-refractivity contribution is -0.136. The Kier molecular flexibility index (Phi) is 5.03. The number of carbonyl (C=O) groups is 4. The number of likely N-dealkylation sites (tertiary alicyclic amines) is 1. The van der Waals surface area contributed by atoms with Crippen molar-refractivity contribution in [2.24, 2.45) is 0 Å². The first-order valence-electron chi connectivity index (χ1n) is 10.7. The molecule has 0 aliphatic carbocycles. The van der Waals surface area contributed by atoms with Gasteiger partial charge in [-0.3, -0.25) is 24.5 Å². The van der Waals surface area contributed by atoms with E-state index in [-0.39, 0.29) is 48.6 Å². The maximum Gasteiger partial charge on any atom is 0.257 e. The SMILES string of the molecule is O=C1CCC(N2Cc3cc(C4CCN(C(=O)c5ccoc5)CC4)c(F)cc3C2=O)C(=O)N1. The lowest BCUT2D eigenvalue weighted by Gasteiger charge is -2.32. The van der Waals surface area contributed by atoms with E-state index in [1.54, 1.807) is 17.0 Å². The third kappa shape index (κ3) is 3.47. The fraction of sp³-hybridized carbons (Fsp3) is 0.391. The summed E-state index contributed by atoms with van der Waals surface area (Å²) in [4.78, 5) is 52.1. The predicted molar refractivity (Wildman–Crippen MR) is 109 cm³/mol. The van der Waals surface area contributed by atoms with Crippen LogP contribution >= 0.6 is 0 Å². The Bertz CT molecular complexity index is 1110. The van der Waals surface area contributed by atoms with Gasteiger partial charge in [0.2, 0.25) is 11.8 Å². The number of nitrogens with one attached hydrogen (secondary N) is 1. The van der Waals surface area contributed by atoms with E-state index in [4.69, 9.17) is 4.42 Å². The highest BCUT2D eigenvalue weighted by Crippen LogP contribution is 2.35. The van der Waals surface area contributed by atoms with Crippen LogP contribution in [0.2, 0.25) is 0 Å². The van der Waals surface area contributed by atoms with Crippen molar-refractivity contribution < 1.29 is 28.0 Å². The Hall–Kier alpha value is -3.49. The summed E-state index contributed by atoms with van der Waals surface area (Å²) in [6.45, 7) is 1.23. The number of halogens is 1. The van der Waals surface area contributed by atoms with Gasteiger partial charge in [0.05, 0.1) is 11.8 Å². The standard InChI is InChI=1S/C23H22FN3O5/c24-18-10-17-15(11-27(23(17)31)19-1-2-20(28)25-21(19)29)9-16(18)13-3-6-26(7-4-13)22(30)14-5-8-32-12-14/h5,8-10,12-13,19H,1-4,6-7,11H2,(H,25,28,29). The maximum atomic E-state index is 15.0. The first-order valence-corrected chi connectivity index (χ1v) is 10.7. The number of carbonyl (C=O) groups excluding carboxylic acids is 4. The second-order valence-corrected chi connectivity index (χ2v) is 8.51. The van der Waals surface area contributed by atoms with Crippen LogP contribution in [0.5, 0.6) is 0 Å². The molecule has 2 saturated heterocycles. The van der Waals surface area contributed by atoms with Gasteiger partial charge < -0.3 is 14.2 Å². The zero-order valence-electron chi connectivity index (χ0n) is 17.3. The number of hydrogen-bond acceptors (Lipinski definition) is 5. The average Bonchev–Trinajstić information content (AvgIpc) is 3.42. The van der Waals surface area contributed by atoms with Crippen LogP contribution in [0.1, 0.15) is 63.4 Å². The van der Waals surface area contributed by atoms with E-state index in [0.29, 0.717) is 42.6 Å². The Labute approximate surface area is 183 Å². The van der Waals surface area contributed by atoms with E-state index in [9.17, 15) is 23.6 Å². The topological polar surface area (TPSA) is 99.9 Å². The molecule has 4 amide bonds. The molecule has 32 heavy (non-hydrogen) atoms. The minimum atomic E-state index is -0.726. The van der Waals surface area contributed by atoms with Crippen molar-refractivity contribution in [2.75, 3.05) is 13.1 Å². The highest BCUT2D eigenvalue weighted by molar-refractivity contribution is 6.05. The van der Waals surface area contributed by atoms with Crippen LogP contribution in [-0.2, 0) is 16.1 Å². The van der Waals surface area contributed by atoms with Crippen molar-refractivity contribution in [1.82, 2.24) is 15.1 Å². The van der Waals surface area contributed by atoms with Gasteiger partial charge in [-0.1, -0.05) is 6.07 Å². The number of furan rings is 1. The summed E-state index contributed by atoms with van der Waals surface area (Å²) in [5, 5.41) is 2.27. The molecule has 0 saturated carbocycles. The molecule has 1 atom stereocenters. The minimum absolute atomic E-state index is 0.0616. The maximum absolute atomic E-state index is 15.0. The van der Waals surface area contributed by atoms with E-state index >= 15 is 0 Å². The van der Waals surface area contributed by atoms with Crippen molar-refractivity contribution in [3.8, 4) is 0 Å². The first kappa shape index (κ1) is 20.4. The number of imide groups is 1. The monoisotopic (exact) mass is 439 g/mol. The molecule has 0 spiro atoms. The summed E-state index contributed by atoms with van der Waals surface area (Å²) >= 11 is 0. The summed E-state index contributed by atoms with van der Waals surface area (Å²) in [5.74, 6) is -1.83.